The van der Waals surface area contributed by atoms with Gasteiger partial charge >= 0.3 is 153 Å². The molecule has 2 rings (SSSR count). The number of hydrogen-bond donors (Lipinski definition) is 1. The number of rotatable bonds is 4. The van der Waals surface area contributed by atoms with Gasteiger partial charge in [0.05, 0.1) is 0 Å². The summed E-state index contributed by atoms with van der Waals surface area (Å²) in [7, 11) is 0. The molecule has 0 spiro atoms. The molecule has 25 heavy (non-hydrogen) atoms. The van der Waals surface area contributed by atoms with E-state index in [4.69, 9.17) is 0 Å². The molecule has 0 radical (unpaired) electrons. The van der Waals surface area contributed by atoms with Crippen molar-refractivity contribution in [2.45, 2.75) is 103 Å². The summed E-state index contributed by atoms with van der Waals surface area (Å²) in [6.45, 7) is 6.91. The van der Waals surface area contributed by atoms with Crippen molar-refractivity contribution in [3.8, 4) is 0 Å². The van der Waals surface area contributed by atoms with E-state index in [-0.39, 0.29) is 24.8 Å². The van der Waals surface area contributed by atoms with Gasteiger partial charge in [-0.15, -0.1) is 24.8 Å². The van der Waals surface area contributed by atoms with Crippen molar-refractivity contribution in [3.63, 3.8) is 0 Å². The van der Waals surface area contributed by atoms with Crippen LogP contribution in [0.15, 0.2) is 21.6 Å². The van der Waals surface area contributed by atoms with Crippen LogP contribution in [0.4, 0.5) is 0 Å². The van der Waals surface area contributed by atoms with Crippen LogP contribution in [0.1, 0.15) is 84.0 Å². The molecule has 1 N–H and O–H groups in total. The Bertz CT molecular complexity index is 401. The molecular formula is C20H40Cl2NSiTi. The van der Waals surface area contributed by atoms with Gasteiger partial charge < -0.3 is 0 Å². The van der Waals surface area contributed by atoms with E-state index in [1.54, 1.807) is 0 Å². The van der Waals surface area contributed by atoms with Gasteiger partial charge in [0.15, 0.2) is 0 Å². The third-order valence-corrected chi connectivity index (χ3v) is 17.0. The Hall–Kier alpha value is 0.951. The zero-order chi connectivity index (χ0) is 16.5. The molecule has 2 aliphatic carbocycles. The Morgan fingerprint density at radius 2 is 1.36 bits per heavy atom. The van der Waals surface area contributed by atoms with Crippen molar-refractivity contribution in [1.82, 2.24) is 3.80 Å². The second kappa shape index (κ2) is 14.9. The van der Waals surface area contributed by atoms with E-state index >= 15 is 0 Å². The standard InChI is InChI=1S/C12H24N.C6H7.C2H7Si.2ClH.Ti/c13-12-10-8-6-4-2-1-3-5-7-9-11-12;1-6-4-2-3-5-6;1-3-2;;;/h12-13H,1-11H2;4-5H,2H2,1H3;3H,1-2H3;2*1H;/q-1;;;;;+1. The van der Waals surface area contributed by atoms with Crippen LogP contribution in [-0.4, -0.2) is 12.7 Å². The van der Waals surface area contributed by atoms with Crippen LogP contribution in [0, 0.1) is 0 Å². The van der Waals surface area contributed by atoms with Crippen LogP contribution in [0.2, 0.25) is 13.1 Å². The van der Waals surface area contributed by atoms with Crippen LogP contribution >= 0.6 is 24.8 Å². The van der Waals surface area contributed by atoms with E-state index in [0.717, 1.165) is 6.04 Å². The van der Waals surface area contributed by atoms with Gasteiger partial charge in [-0.05, 0) is 0 Å². The molecule has 0 amide bonds. The Labute approximate surface area is 176 Å². The zero-order valence-corrected chi connectivity index (χ0v) is 21.0. The molecule has 0 bridgehead atoms. The van der Waals surface area contributed by atoms with Crippen LogP contribution in [0.3, 0.4) is 0 Å². The molecule has 0 saturated heterocycles. The third kappa shape index (κ3) is 10.2. The number of hydrogen-bond acceptors (Lipinski definition) is 1. The second-order valence-electron chi connectivity index (χ2n) is 7.99. The number of halogens is 2. The van der Waals surface area contributed by atoms with Gasteiger partial charge in [-0.3, -0.25) is 0 Å². The quantitative estimate of drug-likeness (QED) is 0.471. The fourth-order valence-corrected chi connectivity index (χ4v) is 14.4. The summed E-state index contributed by atoms with van der Waals surface area (Å²) < 4.78 is 6.14. The van der Waals surface area contributed by atoms with Gasteiger partial charge in [0.1, 0.15) is 0 Å². The van der Waals surface area contributed by atoms with Gasteiger partial charge in [0, 0.05) is 0 Å². The summed E-state index contributed by atoms with van der Waals surface area (Å²) in [4.78, 5) is 0. The first-order chi connectivity index (χ1) is 11.2. The second-order valence-corrected chi connectivity index (χ2v) is 20.8. The minimum atomic E-state index is -1.17. The summed E-state index contributed by atoms with van der Waals surface area (Å²) in [5.74, 6) is 0. The topological polar surface area (TPSA) is 12.0 Å². The van der Waals surface area contributed by atoms with Crippen molar-refractivity contribution >= 4 is 31.5 Å². The average molecular weight is 441 g/mol. The first-order valence-corrected chi connectivity index (χ1v) is 17.3. The first kappa shape index (κ1) is 26.0. The largest absolute Gasteiger partial charge is 0.147 e. The van der Waals surface area contributed by atoms with Gasteiger partial charge in [-0.2, -0.15) is 0 Å². The Balaban J connectivity index is 0.00000288. The van der Waals surface area contributed by atoms with E-state index < -0.39 is 24.0 Å². The predicted octanol–water partition coefficient (Wildman–Crippen LogP) is 6.84. The summed E-state index contributed by atoms with van der Waals surface area (Å²) in [6, 6.07) is 0.834. The fraction of sp³-hybridized carbons (Fsp3) is 0.800. The molecule has 0 heterocycles. The van der Waals surface area contributed by atoms with E-state index in [1.165, 1.54) is 82.6 Å². The van der Waals surface area contributed by atoms with Crippen LogP contribution < -0.4 is 3.80 Å². The third-order valence-electron chi connectivity index (χ3n) is 5.43. The van der Waals surface area contributed by atoms with Crippen molar-refractivity contribution in [1.29, 1.82) is 0 Å². The molecule has 0 aromatic carbocycles. The Morgan fingerprint density at radius 1 is 0.880 bits per heavy atom. The molecular weight excluding hydrogens is 401 g/mol. The van der Waals surface area contributed by atoms with Gasteiger partial charge in [-0.1, -0.05) is 0 Å². The molecule has 5 heteroatoms. The summed E-state index contributed by atoms with van der Waals surface area (Å²) in [5, 5.41) is 0. The molecule has 1 saturated carbocycles. The van der Waals surface area contributed by atoms with Gasteiger partial charge in [-0.25, -0.2) is 0 Å². The number of nitrogens with one attached hydrogen (secondary N) is 1. The summed E-state index contributed by atoms with van der Waals surface area (Å²) in [6.07, 6.45) is 22.4. The molecule has 1 fully saturated rings. The first-order valence-electron chi connectivity index (χ1n) is 10.2. The van der Waals surface area contributed by atoms with E-state index in [1.807, 2.05) is 3.88 Å². The minimum Gasteiger partial charge on any atom is -0.147 e. The minimum absolute atomic E-state index is 0. The van der Waals surface area contributed by atoms with Crippen molar-refractivity contribution in [2.75, 3.05) is 0 Å². The summed E-state index contributed by atoms with van der Waals surface area (Å²) in [5.41, 5.74) is 1.51. The Morgan fingerprint density at radius 3 is 1.76 bits per heavy atom. The molecule has 0 unspecified atom stereocenters. The van der Waals surface area contributed by atoms with E-state index in [0.29, 0.717) is 0 Å². The zero-order valence-electron chi connectivity index (χ0n) is 16.6. The predicted molar refractivity (Wildman–Crippen MR) is 118 cm³/mol. The molecule has 2 aliphatic rings. The maximum Gasteiger partial charge on any atom is -0.147 e. The SMILES string of the molecule is CC1=CC[C]([Ti]([NH]C2CCCCCCCCCCC2)[SiH](C)C)=C1.Cl.Cl. The normalized spacial score (nSPS) is 20.5. The fourth-order valence-electron chi connectivity index (χ4n) is 4.01. The van der Waals surface area contributed by atoms with E-state index in [2.05, 4.69) is 36.0 Å². The molecule has 0 aromatic heterocycles. The molecule has 147 valence electrons. The van der Waals surface area contributed by atoms with Crippen molar-refractivity contribution in [2.24, 2.45) is 0 Å². The monoisotopic (exact) mass is 440 g/mol. The van der Waals surface area contributed by atoms with Gasteiger partial charge in [0.25, 0.3) is 0 Å². The Kier molecular flexibility index (Phi) is 15.5. The molecule has 0 aromatic rings. The van der Waals surface area contributed by atoms with Gasteiger partial charge in [0.2, 0.25) is 0 Å². The summed E-state index contributed by atoms with van der Waals surface area (Å²) >= 11 is -1.17. The van der Waals surface area contributed by atoms with Crippen molar-refractivity contribution in [3.05, 3.63) is 21.6 Å². The van der Waals surface area contributed by atoms with Crippen LogP contribution in [-0.2, 0) is 17.4 Å². The van der Waals surface area contributed by atoms with Crippen molar-refractivity contribution < 1.29 is 17.4 Å². The number of allylic oxidation sites excluding steroid dienone is 4. The average Bonchev–Trinajstić information content (AvgIpc) is 2.92. The van der Waals surface area contributed by atoms with Crippen LogP contribution in [0.5, 0.6) is 0 Å². The van der Waals surface area contributed by atoms with Crippen LogP contribution in [0.25, 0.3) is 0 Å². The van der Waals surface area contributed by atoms with E-state index in [9.17, 15) is 0 Å². The molecule has 0 aliphatic heterocycles. The smallest absolute Gasteiger partial charge is 0.147 e. The maximum atomic E-state index is 4.30. The maximum absolute atomic E-state index is 4.30. The molecule has 0 atom stereocenters. The molecule has 1 nitrogen and oxygen atoms in total.